The Morgan fingerprint density at radius 3 is 2.34 bits per heavy atom. The van der Waals surface area contributed by atoms with Gasteiger partial charge in [-0.2, -0.15) is 0 Å². The van der Waals surface area contributed by atoms with Crippen molar-refractivity contribution in [3.63, 3.8) is 0 Å². The van der Waals surface area contributed by atoms with Gasteiger partial charge in [-0.05, 0) is 56.8 Å². The maximum Gasteiger partial charge on any atom is 0.224 e. The lowest BCUT2D eigenvalue weighted by molar-refractivity contribution is -0.116. The third kappa shape index (κ3) is 6.21. The molecule has 1 aliphatic rings. The zero-order valence-electron chi connectivity index (χ0n) is 17.6. The Morgan fingerprint density at radius 1 is 1.03 bits per heavy atom. The highest BCUT2D eigenvalue weighted by Crippen LogP contribution is 2.31. The Kier molecular flexibility index (Phi) is 7.49. The molecule has 1 unspecified atom stereocenters. The Balaban J connectivity index is 1.46. The van der Waals surface area contributed by atoms with E-state index >= 15 is 0 Å². The van der Waals surface area contributed by atoms with Gasteiger partial charge in [-0.1, -0.05) is 12.1 Å². The smallest absolute Gasteiger partial charge is 0.224 e. The number of carbonyl (C=O) groups excluding carboxylic acids is 1. The van der Waals surface area contributed by atoms with Crippen molar-refractivity contribution in [3.05, 3.63) is 48.5 Å². The van der Waals surface area contributed by atoms with E-state index in [2.05, 4.69) is 29.1 Å². The molecule has 1 amide bonds. The molecule has 0 aromatic heterocycles. The lowest BCUT2D eigenvalue weighted by Gasteiger charge is -2.36. The zero-order valence-corrected chi connectivity index (χ0v) is 17.6. The lowest BCUT2D eigenvalue weighted by atomic mass is 10.1. The molecular weight excluding hydrogens is 366 g/mol. The third-order valence-electron chi connectivity index (χ3n) is 5.39. The molecule has 0 bridgehead atoms. The molecule has 6 nitrogen and oxygen atoms in total. The van der Waals surface area contributed by atoms with E-state index in [0.717, 1.165) is 38.3 Å². The van der Waals surface area contributed by atoms with Crippen LogP contribution >= 0.6 is 0 Å². The molecule has 0 aliphatic carbocycles. The largest absolute Gasteiger partial charge is 0.493 e. The highest BCUT2D eigenvalue weighted by molar-refractivity contribution is 5.90. The number of hydrogen-bond acceptors (Lipinski definition) is 5. The van der Waals surface area contributed by atoms with E-state index < -0.39 is 0 Å². The summed E-state index contributed by atoms with van der Waals surface area (Å²) in [5.41, 5.74) is 0.773. The van der Waals surface area contributed by atoms with Crippen molar-refractivity contribution in [2.24, 2.45) is 0 Å². The average molecular weight is 398 g/mol. The topological polar surface area (TPSA) is 54.0 Å². The normalized spacial score (nSPS) is 16.2. The fourth-order valence-corrected chi connectivity index (χ4v) is 3.45. The van der Waals surface area contributed by atoms with E-state index in [1.807, 2.05) is 48.5 Å². The van der Waals surface area contributed by atoms with Gasteiger partial charge in [-0.15, -0.1) is 0 Å². The number of nitrogens with one attached hydrogen (secondary N) is 1. The summed E-state index contributed by atoms with van der Waals surface area (Å²) < 4.78 is 11.2. The molecule has 2 aromatic carbocycles. The number of nitrogens with zero attached hydrogens (tertiary/aromatic N) is 2. The van der Waals surface area contributed by atoms with E-state index in [9.17, 15) is 4.79 Å². The van der Waals surface area contributed by atoms with E-state index in [0.29, 0.717) is 29.7 Å². The van der Waals surface area contributed by atoms with Gasteiger partial charge in [-0.3, -0.25) is 9.69 Å². The molecule has 1 aliphatic heterocycles. The first-order chi connectivity index (χ1) is 14.0. The summed E-state index contributed by atoms with van der Waals surface area (Å²) >= 11 is 0. The number of piperazine rings is 1. The van der Waals surface area contributed by atoms with Crippen molar-refractivity contribution in [1.82, 2.24) is 9.80 Å². The Hall–Kier alpha value is -2.57. The number of anilines is 1. The minimum Gasteiger partial charge on any atom is -0.493 e. The first-order valence-electron chi connectivity index (χ1n) is 10.2. The number of rotatable bonds is 8. The van der Waals surface area contributed by atoms with E-state index in [1.165, 1.54) is 0 Å². The Labute approximate surface area is 173 Å². The summed E-state index contributed by atoms with van der Waals surface area (Å²) in [6.45, 7) is 6.56. The number of likely N-dealkylation sites (N-methyl/N-ethyl adjacent to an activating group) is 1. The van der Waals surface area contributed by atoms with Crippen LogP contribution in [0.2, 0.25) is 0 Å². The number of para-hydroxylation sites is 2. The van der Waals surface area contributed by atoms with Crippen LogP contribution in [0.1, 0.15) is 19.8 Å². The molecule has 1 atom stereocenters. The summed E-state index contributed by atoms with van der Waals surface area (Å²) in [7, 11) is 3.77. The van der Waals surface area contributed by atoms with E-state index in [1.54, 1.807) is 7.11 Å². The maximum absolute atomic E-state index is 12.3. The van der Waals surface area contributed by atoms with Crippen molar-refractivity contribution >= 4 is 11.6 Å². The number of ether oxygens (including phenoxy) is 2. The predicted molar refractivity (Wildman–Crippen MR) is 116 cm³/mol. The van der Waals surface area contributed by atoms with Gasteiger partial charge in [0.15, 0.2) is 11.5 Å². The molecule has 1 saturated heterocycles. The van der Waals surface area contributed by atoms with Crippen molar-refractivity contribution in [2.45, 2.75) is 25.8 Å². The van der Waals surface area contributed by atoms with Gasteiger partial charge in [0.25, 0.3) is 0 Å². The molecular formula is C23H31N3O3. The highest BCUT2D eigenvalue weighted by atomic mass is 16.5. The van der Waals surface area contributed by atoms with Crippen LogP contribution in [0, 0.1) is 0 Å². The molecule has 0 spiro atoms. The predicted octanol–water partition coefficient (Wildman–Crippen LogP) is 3.84. The molecule has 1 N–H and O–H groups in total. The third-order valence-corrected chi connectivity index (χ3v) is 5.39. The van der Waals surface area contributed by atoms with Gasteiger partial charge in [0.05, 0.1) is 7.11 Å². The standard InChI is InChI=1S/C23H31N3O3/c1-18(26-16-14-25(2)15-17-26)8-13-23(27)24-19-9-11-20(12-10-19)29-22-7-5-4-6-21(22)28-3/h4-7,9-12,18H,8,13-17H2,1-3H3,(H,24,27). The van der Waals surface area contributed by atoms with Crippen LogP contribution < -0.4 is 14.8 Å². The zero-order chi connectivity index (χ0) is 20.6. The summed E-state index contributed by atoms with van der Waals surface area (Å²) in [4.78, 5) is 17.1. The first kappa shape index (κ1) is 21.1. The second kappa shape index (κ2) is 10.3. The lowest BCUT2D eigenvalue weighted by Crippen LogP contribution is -2.48. The van der Waals surface area contributed by atoms with Gasteiger partial charge in [0.1, 0.15) is 5.75 Å². The minimum absolute atomic E-state index is 0.0457. The van der Waals surface area contributed by atoms with Gasteiger partial charge in [0, 0.05) is 44.3 Å². The highest BCUT2D eigenvalue weighted by Gasteiger charge is 2.19. The van der Waals surface area contributed by atoms with Crippen LogP contribution in [0.25, 0.3) is 0 Å². The second-order valence-electron chi connectivity index (χ2n) is 7.55. The molecule has 156 valence electrons. The molecule has 1 fully saturated rings. The van der Waals surface area contributed by atoms with Crippen molar-refractivity contribution in [2.75, 3.05) is 45.7 Å². The van der Waals surface area contributed by atoms with Crippen molar-refractivity contribution in [3.8, 4) is 17.2 Å². The Bertz CT molecular complexity index is 786. The molecule has 29 heavy (non-hydrogen) atoms. The SMILES string of the molecule is COc1ccccc1Oc1ccc(NC(=O)CCC(C)N2CCN(C)CC2)cc1. The quantitative estimate of drug-likeness (QED) is 0.733. The molecule has 3 rings (SSSR count). The molecule has 6 heteroatoms. The maximum atomic E-state index is 12.3. The van der Waals surface area contributed by atoms with E-state index in [4.69, 9.17) is 9.47 Å². The number of amides is 1. The van der Waals surface area contributed by atoms with Crippen molar-refractivity contribution < 1.29 is 14.3 Å². The average Bonchev–Trinajstić information content (AvgIpc) is 2.74. The van der Waals surface area contributed by atoms with Gasteiger partial charge >= 0.3 is 0 Å². The molecule has 0 saturated carbocycles. The number of benzene rings is 2. The number of hydrogen-bond donors (Lipinski definition) is 1. The number of methoxy groups -OCH3 is 1. The molecule has 0 radical (unpaired) electrons. The monoisotopic (exact) mass is 397 g/mol. The first-order valence-corrected chi connectivity index (χ1v) is 10.2. The van der Waals surface area contributed by atoms with Crippen LogP contribution in [0.15, 0.2) is 48.5 Å². The van der Waals surface area contributed by atoms with Gasteiger partial charge in [0.2, 0.25) is 5.91 Å². The Morgan fingerprint density at radius 2 is 1.69 bits per heavy atom. The molecule has 1 heterocycles. The van der Waals surface area contributed by atoms with E-state index in [-0.39, 0.29) is 5.91 Å². The fourth-order valence-electron chi connectivity index (χ4n) is 3.45. The van der Waals surface area contributed by atoms with Crippen molar-refractivity contribution in [1.29, 1.82) is 0 Å². The fraction of sp³-hybridized carbons (Fsp3) is 0.435. The van der Waals surface area contributed by atoms with Crippen LogP contribution in [0.4, 0.5) is 5.69 Å². The summed E-state index contributed by atoms with van der Waals surface area (Å²) in [6, 6.07) is 15.3. The number of carbonyl (C=O) groups is 1. The van der Waals surface area contributed by atoms with Crippen LogP contribution in [-0.2, 0) is 4.79 Å². The van der Waals surface area contributed by atoms with Gasteiger partial charge in [-0.25, -0.2) is 0 Å². The second-order valence-corrected chi connectivity index (χ2v) is 7.55. The van der Waals surface area contributed by atoms with Crippen LogP contribution in [-0.4, -0.2) is 62.1 Å². The minimum atomic E-state index is 0.0457. The van der Waals surface area contributed by atoms with Crippen LogP contribution in [0.3, 0.4) is 0 Å². The summed E-state index contributed by atoms with van der Waals surface area (Å²) in [5, 5.41) is 2.97. The van der Waals surface area contributed by atoms with Crippen LogP contribution in [0.5, 0.6) is 17.2 Å². The molecule has 2 aromatic rings. The van der Waals surface area contributed by atoms with Gasteiger partial charge < -0.3 is 19.7 Å². The summed E-state index contributed by atoms with van der Waals surface area (Å²) in [5.74, 6) is 2.07. The summed E-state index contributed by atoms with van der Waals surface area (Å²) in [6.07, 6.45) is 1.39.